The molecule has 0 radical (unpaired) electrons. The number of ether oxygens (including phenoxy) is 1. The normalized spacial score (nSPS) is 29.6. The van der Waals surface area contributed by atoms with Crippen molar-refractivity contribution >= 4 is 5.69 Å². The fraction of sp³-hybridized carbons (Fsp3) is 0.625. The fourth-order valence-electron chi connectivity index (χ4n) is 3.88. The number of aryl methyl sites for hydroxylation is 1. The predicted molar refractivity (Wildman–Crippen MR) is 78.8 cm³/mol. The minimum atomic E-state index is 0.656. The van der Waals surface area contributed by atoms with Gasteiger partial charge in [-0.1, -0.05) is 6.07 Å². The lowest BCUT2D eigenvalue weighted by Crippen LogP contribution is -2.44. The summed E-state index contributed by atoms with van der Waals surface area (Å²) < 4.78 is 5.56. The Morgan fingerprint density at radius 1 is 1.26 bits per heavy atom. The number of fused-ring (bicyclic) bond motifs is 2. The number of rotatable bonds is 3. The van der Waals surface area contributed by atoms with Crippen LogP contribution in [0.1, 0.15) is 31.2 Å². The summed E-state index contributed by atoms with van der Waals surface area (Å²) >= 11 is 0. The largest absolute Gasteiger partial charge is 0.495 e. The average Bonchev–Trinajstić information content (AvgIpc) is 2.68. The van der Waals surface area contributed by atoms with E-state index in [1.807, 2.05) is 0 Å². The molecule has 0 amide bonds. The van der Waals surface area contributed by atoms with Gasteiger partial charge in [0, 0.05) is 12.1 Å². The molecular weight excluding hydrogens is 236 g/mol. The van der Waals surface area contributed by atoms with Gasteiger partial charge < -0.3 is 15.4 Å². The van der Waals surface area contributed by atoms with Crippen LogP contribution in [0.15, 0.2) is 18.2 Å². The summed E-state index contributed by atoms with van der Waals surface area (Å²) in [6.45, 7) is 2.99. The molecule has 3 nitrogen and oxygen atoms in total. The topological polar surface area (TPSA) is 38.5 Å². The summed E-state index contributed by atoms with van der Waals surface area (Å²) in [7, 11) is 1.77. The van der Waals surface area contributed by atoms with Crippen LogP contribution in [-0.2, 0) is 0 Å². The van der Waals surface area contributed by atoms with Gasteiger partial charge in [-0.3, -0.25) is 0 Å². The first-order chi connectivity index (χ1) is 9.22. The molecule has 0 saturated carbocycles. The molecule has 2 atom stereocenters. The highest BCUT2D eigenvalue weighted by molar-refractivity contribution is 5.62. The third-order valence-corrected chi connectivity index (χ3v) is 4.78. The van der Waals surface area contributed by atoms with Crippen molar-refractivity contribution in [3.05, 3.63) is 23.8 Å². The van der Waals surface area contributed by atoms with E-state index in [9.17, 15) is 0 Å². The van der Waals surface area contributed by atoms with Gasteiger partial charge in [-0.2, -0.15) is 0 Å². The van der Waals surface area contributed by atoms with Crippen LogP contribution in [0.2, 0.25) is 0 Å². The lowest BCUT2D eigenvalue weighted by molar-refractivity contribution is 0.341. The first-order valence-electron chi connectivity index (χ1n) is 7.36. The van der Waals surface area contributed by atoms with Gasteiger partial charge in [0.1, 0.15) is 5.75 Å². The van der Waals surface area contributed by atoms with E-state index in [2.05, 4.69) is 30.0 Å². The van der Waals surface area contributed by atoms with Crippen LogP contribution < -0.4 is 15.4 Å². The van der Waals surface area contributed by atoms with Crippen molar-refractivity contribution in [3.63, 3.8) is 0 Å². The van der Waals surface area contributed by atoms with E-state index in [1.165, 1.54) is 36.9 Å². The van der Waals surface area contributed by atoms with Crippen molar-refractivity contribution in [2.45, 2.75) is 44.7 Å². The second kappa shape index (κ2) is 5.04. The average molecular weight is 260 g/mol. The van der Waals surface area contributed by atoms with Crippen LogP contribution >= 0.6 is 0 Å². The Hall–Kier alpha value is -1.22. The van der Waals surface area contributed by atoms with Gasteiger partial charge in [0.2, 0.25) is 0 Å². The minimum absolute atomic E-state index is 0.656. The first-order valence-corrected chi connectivity index (χ1v) is 7.36. The number of piperidine rings is 1. The Bertz CT molecular complexity index is 446. The van der Waals surface area contributed by atoms with E-state index >= 15 is 0 Å². The third kappa shape index (κ3) is 2.20. The summed E-state index contributed by atoms with van der Waals surface area (Å²) in [5.41, 5.74) is 8.46. The smallest absolute Gasteiger partial charge is 0.142 e. The van der Waals surface area contributed by atoms with Crippen molar-refractivity contribution in [3.8, 4) is 5.75 Å². The maximum absolute atomic E-state index is 5.88. The Morgan fingerprint density at radius 3 is 2.53 bits per heavy atom. The lowest BCUT2D eigenvalue weighted by atomic mass is 9.90. The molecule has 2 aliphatic rings. The van der Waals surface area contributed by atoms with Crippen molar-refractivity contribution < 1.29 is 4.74 Å². The van der Waals surface area contributed by atoms with Crippen LogP contribution in [0.3, 0.4) is 0 Å². The number of benzene rings is 1. The summed E-state index contributed by atoms with van der Waals surface area (Å²) in [6, 6.07) is 7.80. The van der Waals surface area contributed by atoms with E-state index in [1.54, 1.807) is 7.11 Å². The van der Waals surface area contributed by atoms with E-state index in [0.717, 1.165) is 12.3 Å². The Morgan fingerprint density at radius 2 is 1.95 bits per heavy atom. The maximum atomic E-state index is 5.88. The molecule has 2 bridgehead atoms. The summed E-state index contributed by atoms with van der Waals surface area (Å²) in [5.74, 6) is 1.72. The van der Waals surface area contributed by atoms with E-state index in [0.29, 0.717) is 18.0 Å². The highest BCUT2D eigenvalue weighted by Crippen LogP contribution is 2.44. The quantitative estimate of drug-likeness (QED) is 0.908. The van der Waals surface area contributed by atoms with Crippen molar-refractivity contribution in [1.82, 2.24) is 0 Å². The van der Waals surface area contributed by atoms with E-state index in [-0.39, 0.29) is 0 Å². The molecular formula is C16H24N2O. The summed E-state index contributed by atoms with van der Waals surface area (Å²) in [6.07, 6.45) is 5.09. The summed E-state index contributed by atoms with van der Waals surface area (Å²) in [4.78, 5) is 2.61. The Labute approximate surface area is 115 Å². The molecule has 19 heavy (non-hydrogen) atoms. The molecule has 0 spiro atoms. The highest BCUT2D eigenvalue weighted by Gasteiger charge is 2.41. The Kier molecular flexibility index (Phi) is 3.40. The lowest BCUT2D eigenvalue weighted by Gasteiger charge is -2.41. The molecule has 1 aromatic carbocycles. The zero-order chi connectivity index (χ0) is 13.4. The second-order valence-electron chi connectivity index (χ2n) is 6.04. The SMILES string of the molecule is COc1ccc(C)cc1N1C2CCC1CC(CN)C2. The van der Waals surface area contributed by atoms with Crippen molar-refractivity contribution in [2.75, 3.05) is 18.6 Å². The fourth-order valence-corrected chi connectivity index (χ4v) is 3.88. The van der Waals surface area contributed by atoms with Crippen LogP contribution in [0.25, 0.3) is 0 Å². The first kappa shape index (κ1) is 12.8. The molecule has 2 aliphatic heterocycles. The molecule has 2 fully saturated rings. The number of nitrogens with zero attached hydrogens (tertiary/aromatic N) is 1. The summed E-state index contributed by atoms with van der Waals surface area (Å²) in [5, 5.41) is 0. The zero-order valence-corrected chi connectivity index (χ0v) is 11.9. The van der Waals surface area contributed by atoms with Gasteiger partial charge in [-0.15, -0.1) is 0 Å². The molecule has 2 saturated heterocycles. The zero-order valence-electron chi connectivity index (χ0n) is 11.9. The molecule has 3 heteroatoms. The van der Waals surface area contributed by atoms with Gasteiger partial charge >= 0.3 is 0 Å². The Balaban J connectivity index is 1.93. The monoisotopic (exact) mass is 260 g/mol. The molecule has 2 unspecified atom stereocenters. The van der Waals surface area contributed by atoms with Gasteiger partial charge in [0.25, 0.3) is 0 Å². The molecule has 2 heterocycles. The van der Waals surface area contributed by atoms with Gasteiger partial charge in [-0.25, -0.2) is 0 Å². The molecule has 3 rings (SSSR count). The highest BCUT2D eigenvalue weighted by atomic mass is 16.5. The van der Waals surface area contributed by atoms with E-state index < -0.39 is 0 Å². The van der Waals surface area contributed by atoms with Crippen LogP contribution in [-0.4, -0.2) is 25.7 Å². The van der Waals surface area contributed by atoms with Gasteiger partial charge in [0.05, 0.1) is 12.8 Å². The van der Waals surface area contributed by atoms with Crippen molar-refractivity contribution in [2.24, 2.45) is 11.7 Å². The second-order valence-corrected chi connectivity index (χ2v) is 6.04. The minimum Gasteiger partial charge on any atom is -0.495 e. The third-order valence-electron chi connectivity index (χ3n) is 4.78. The van der Waals surface area contributed by atoms with Crippen LogP contribution in [0, 0.1) is 12.8 Å². The number of hydrogen-bond acceptors (Lipinski definition) is 3. The van der Waals surface area contributed by atoms with Crippen LogP contribution in [0.4, 0.5) is 5.69 Å². The molecule has 0 aromatic heterocycles. The van der Waals surface area contributed by atoms with Crippen molar-refractivity contribution in [1.29, 1.82) is 0 Å². The number of nitrogens with two attached hydrogens (primary N) is 1. The van der Waals surface area contributed by atoms with Crippen LogP contribution in [0.5, 0.6) is 5.75 Å². The molecule has 1 aromatic rings. The maximum Gasteiger partial charge on any atom is 0.142 e. The standard InChI is InChI=1S/C16H24N2O/c1-11-3-6-16(19-2)15(7-11)18-13-4-5-14(18)9-12(8-13)10-17/h3,6-7,12-14H,4-5,8-10,17H2,1-2H3. The van der Waals surface area contributed by atoms with E-state index in [4.69, 9.17) is 10.5 Å². The molecule has 104 valence electrons. The van der Waals surface area contributed by atoms with Gasteiger partial charge in [-0.05, 0) is 62.8 Å². The number of anilines is 1. The number of hydrogen-bond donors (Lipinski definition) is 1. The molecule has 0 aliphatic carbocycles. The predicted octanol–water partition coefficient (Wildman–Crippen LogP) is 2.71. The number of methoxy groups -OCH3 is 1. The molecule has 2 N–H and O–H groups in total. The van der Waals surface area contributed by atoms with Gasteiger partial charge in [0.15, 0.2) is 0 Å².